The lowest BCUT2D eigenvalue weighted by molar-refractivity contribution is -0.138. The molecule has 0 aliphatic carbocycles. The van der Waals surface area contributed by atoms with Crippen molar-refractivity contribution in [2.45, 2.75) is 25.4 Å². The van der Waals surface area contributed by atoms with Gasteiger partial charge in [0, 0.05) is 18.1 Å². The van der Waals surface area contributed by atoms with Crippen LogP contribution < -0.4 is 5.32 Å². The highest BCUT2D eigenvalue weighted by atomic mass is 32.1. The van der Waals surface area contributed by atoms with Crippen LogP contribution in [-0.2, 0) is 12.6 Å². The van der Waals surface area contributed by atoms with Crippen molar-refractivity contribution in [1.82, 2.24) is 10.3 Å². The minimum atomic E-state index is -4.78. The van der Waals surface area contributed by atoms with Crippen LogP contribution in [-0.4, -0.2) is 17.4 Å². The molecule has 0 aliphatic rings. The van der Waals surface area contributed by atoms with E-state index in [0.717, 1.165) is 30.0 Å². The molecule has 0 bridgehead atoms. The number of carbonyl (C=O) groups is 1. The number of hydrogen-bond acceptors (Lipinski definition) is 3. The maximum absolute atomic E-state index is 13.0. The van der Waals surface area contributed by atoms with Gasteiger partial charge in [0.1, 0.15) is 5.82 Å². The second-order valence-electron chi connectivity index (χ2n) is 4.83. The Morgan fingerprint density at radius 2 is 2.04 bits per heavy atom. The highest BCUT2D eigenvalue weighted by molar-refractivity contribution is 7.09. The van der Waals surface area contributed by atoms with Crippen LogP contribution in [0.25, 0.3) is 0 Å². The van der Waals surface area contributed by atoms with Crippen LogP contribution in [0.3, 0.4) is 0 Å². The van der Waals surface area contributed by atoms with Gasteiger partial charge in [0.25, 0.3) is 5.91 Å². The monoisotopic (exact) mass is 346 g/mol. The predicted octanol–water partition coefficient (Wildman–Crippen LogP) is 4.05. The SMILES string of the molecule is O=C(NCCCCc1nccs1)c1ccc(F)cc1C(F)(F)F. The molecule has 1 heterocycles. The summed E-state index contributed by atoms with van der Waals surface area (Å²) in [7, 11) is 0. The number of nitrogens with zero attached hydrogens (tertiary/aromatic N) is 1. The number of benzene rings is 1. The molecule has 0 spiro atoms. The first-order chi connectivity index (χ1) is 10.9. The Kier molecular flexibility index (Phi) is 5.70. The number of nitrogens with one attached hydrogen (secondary N) is 1. The molecule has 0 radical (unpaired) electrons. The fraction of sp³-hybridized carbons (Fsp3) is 0.333. The van der Waals surface area contributed by atoms with E-state index >= 15 is 0 Å². The Morgan fingerprint density at radius 1 is 1.26 bits per heavy atom. The van der Waals surface area contributed by atoms with Crippen molar-refractivity contribution in [2.75, 3.05) is 6.54 Å². The third-order valence-corrected chi connectivity index (χ3v) is 3.96. The second kappa shape index (κ2) is 7.54. The molecule has 124 valence electrons. The topological polar surface area (TPSA) is 42.0 Å². The highest BCUT2D eigenvalue weighted by Crippen LogP contribution is 2.32. The normalized spacial score (nSPS) is 11.5. The minimum Gasteiger partial charge on any atom is -0.352 e. The highest BCUT2D eigenvalue weighted by Gasteiger charge is 2.35. The summed E-state index contributed by atoms with van der Waals surface area (Å²) >= 11 is 1.53. The predicted molar refractivity (Wildman–Crippen MR) is 78.8 cm³/mol. The molecule has 23 heavy (non-hydrogen) atoms. The summed E-state index contributed by atoms with van der Waals surface area (Å²) in [4.78, 5) is 16.0. The lowest BCUT2D eigenvalue weighted by Gasteiger charge is -2.13. The quantitative estimate of drug-likeness (QED) is 0.633. The lowest BCUT2D eigenvalue weighted by Crippen LogP contribution is -2.27. The molecule has 0 aliphatic heterocycles. The average molecular weight is 346 g/mol. The molecule has 2 aromatic rings. The number of hydrogen-bond donors (Lipinski definition) is 1. The number of alkyl halides is 3. The number of amides is 1. The molecule has 0 saturated carbocycles. The number of aryl methyl sites for hydroxylation is 1. The van der Waals surface area contributed by atoms with Crippen LogP contribution in [0.5, 0.6) is 0 Å². The van der Waals surface area contributed by atoms with Crippen molar-refractivity contribution in [3.05, 3.63) is 51.7 Å². The third kappa shape index (κ3) is 5.02. The maximum atomic E-state index is 13.0. The van der Waals surface area contributed by atoms with Crippen molar-refractivity contribution in [3.8, 4) is 0 Å². The Bertz CT molecular complexity index is 656. The van der Waals surface area contributed by atoms with E-state index in [4.69, 9.17) is 0 Å². The van der Waals surface area contributed by atoms with Crippen molar-refractivity contribution in [2.24, 2.45) is 0 Å². The van der Waals surface area contributed by atoms with Gasteiger partial charge in [0.05, 0.1) is 16.1 Å². The van der Waals surface area contributed by atoms with Gasteiger partial charge < -0.3 is 5.32 Å². The van der Waals surface area contributed by atoms with E-state index < -0.39 is 29.0 Å². The fourth-order valence-corrected chi connectivity index (χ4v) is 2.69. The number of halogens is 4. The molecule has 0 saturated heterocycles. The van der Waals surface area contributed by atoms with Crippen LogP contribution in [0.2, 0.25) is 0 Å². The van der Waals surface area contributed by atoms with E-state index in [1.165, 1.54) is 11.3 Å². The first kappa shape index (κ1) is 17.4. The molecule has 8 heteroatoms. The van der Waals surface area contributed by atoms with E-state index in [2.05, 4.69) is 10.3 Å². The summed E-state index contributed by atoms with van der Waals surface area (Å²) in [6.45, 7) is 0.249. The molecule has 0 fully saturated rings. The summed E-state index contributed by atoms with van der Waals surface area (Å²) < 4.78 is 51.5. The summed E-state index contributed by atoms with van der Waals surface area (Å²) in [5.41, 5.74) is -1.84. The zero-order valence-electron chi connectivity index (χ0n) is 12.0. The number of carbonyl (C=O) groups excluding carboxylic acids is 1. The Balaban J connectivity index is 1.88. The first-order valence-corrected chi connectivity index (χ1v) is 7.79. The Morgan fingerprint density at radius 3 is 2.70 bits per heavy atom. The van der Waals surface area contributed by atoms with Crippen LogP contribution in [0.4, 0.5) is 17.6 Å². The molecule has 0 atom stereocenters. The van der Waals surface area contributed by atoms with E-state index in [1.54, 1.807) is 6.20 Å². The van der Waals surface area contributed by atoms with Gasteiger partial charge >= 0.3 is 6.18 Å². The van der Waals surface area contributed by atoms with Gasteiger partial charge in [-0.15, -0.1) is 11.3 Å². The van der Waals surface area contributed by atoms with Gasteiger partial charge in [-0.2, -0.15) is 13.2 Å². The zero-order chi connectivity index (χ0) is 16.9. The summed E-state index contributed by atoms with van der Waals surface area (Å²) in [5, 5.41) is 5.28. The number of thiazole rings is 1. The van der Waals surface area contributed by atoms with E-state index in [-0.39, 0.29) is 6.54 Å². The maximum Gasteiger partial charge on any atom is 0.417 e. The van der Waals surface area contributed by atoms with Crippen LogP contribution in [0.1, 0.15) is 33.8 Å². The van der Waals surface area contributed by atoms with Crippen molar-refractivity contribution in [3.63, 3.8) is 0 Å². The second-order valence-corrected chi connectivity index (χ2v) is 5.81. The molecular formula is C15H14F4N2OS. The third-order valence-electron chi connectivity index (χ3n) is 3.12. The van der Waals surface area contributed by atoms with Gasteiger partial charge in [-0.25, -0.2) is 9.37 Å². The van der Waals surface area contributed by atoms with Crippen LogP contribution in [0.15, 0.2) is 29.8 Å². The largest absolute Gasteiger partial charge is 0.417 e. The van der Waals surface area contributed by atoms with Gasteiger partial charge in [-0.1, -0.05) is 0 Å². The number of aromatic nitrogens is 1. The average Bonchev–Trinajstić information content (AvgIpc) is 2.99. The lowest BCUT2D eigenvalue weighted by atomic mass is 10.1. The smallest absolute Gasteiger partial charge is 0.352 e. The van der Waals surface area contributed by atoms with Crippen molar-refractivity contribution >= 4 is 17.2 Å². The molecule has 2 rings (SSSR count). The van der Waals surface area contributed by atoms with Crippen molar-refractivity contribution in [1.29, 1.82) is 0 Å². The minimum absolute atomic E-state index is 0.249. The Hall–Kier alpha value is -1.96. The number of unbranched alkanes of at least 4 members (excludes halogenated alkanes) is 1. The molecule has 1 amide bonds. The summed E-state index contributed by atoms with van der Waals surface area (Å²) in [6.07, 6.45) is -0.927. The molecular weight excluding hydrogens is 332 g/mol. The van der Waals surface area contributed by atoms with E-state index in [1.807, 2.05) is 5.38 Å². The van der Waals surface area contributed by atoms with E-state index in [0.29, 0.717) is 12.5 Å². The van der Waals surface area contributed by atoms with Crippen LogP contribution >= 0.6 is 11.3 Å². The van der Waals surface area contributed by atoms with Gasteiger partial charge in [-0.3, -0.25) is 4.79 Å². The van der Waals surface area contributed by atoms with Gasteiger partial charge in [0.15, 0.2) is 0 Å². The van der Waals surface area contributed by atoms with Crippen LogP contribution in [0, 0.1) is 5.82 Å². The standard InChI is InChI=1S/C15H14F4N2OS/c16-10-4-5-11(12(9-10)15(17,18)19)14(22)21-6-2-1-3-13-20-7-8-23-13/h4-5,7-9H,1-3,6H2,(H,21,22). The molecule has 0 unspecified atom stereocenters. The molecule has 3 nitrogen and oxygen atoms in total. The van der Waals surface area contributed by atoms with Gasteiger partial charge in [-0.05, 0) is 37.5 Å². The summed E-state index contributed by atoms with van der Waals surface area (Å²) in [6, 6.07) is 2.02. The first-order valence-electron chi connectivity index (χ1n) is 6.91. The fourth-order valence-electron chi connectivity index (χ4n) is 2.02. The van der Waals surface area contributed by atoms with Gasteiger partial charge in [0.2, 0.25) is 0 Å². The van der Waals surface area contributed by atoms with E-state index in [9.17, 15) is 22.4 Å². The zero-order valence-corrected chi connectivity index (χ0v) is 12.8. The summed E-state index contributed by atoms with van der Waals surface area (Å²) in [5.74, 6) is -1.89. The molecule has 1 N–H and O–H groups in total. The Labute approximate surface area is 134 Å². The number of rotatable bonds is 6. The molecule has 1 aromatic carbocycles. The molecule has 1 aromatic heterocycles. The van der Waals surface area contributed by atoms with Crippen molar-refractivity contribution < 1.29 is 22.4 Å².